The Labute approximate surface area is 164 Å². The van der Waals surface area contributed by atoms with E-state index in [1.54, 1.807) is 24.3 Å². The van der Waals surface area contributed by atoms with Crippen molar-refractivity contribution in [2.24, 2.45) is 0 Å². The fraction of sp³-hybridized carbons (Fsp3) is 0.111. The van der Waals surface area contributed by atoms with Crippen molar-refractivity contribution in [3.05, 3.63) is 74.3 Å². The maximum atomic E-state index is 12.1. The van der Waals surface area contributed by atoms with E-state index < -0.39 is 22.9 Å². The number of hydrogen-bond acceptors (Lipinski definition) is 5. The molecule has 140 valence electrons. The van der Waals surface area contributed by atoms with Crippen LogP contribution in [-0.2, 0) is 14.3 Å². The van der Waals surface area contributed by atoms with Gasteiger partial charge in [-0.2, -0.15) is 0 Å². The van der Waals surface area contributed by atoms with Crippen LogP contribution in [0.4, 0.5) is 11.4 Å². The molecule has 0 fully saturated rings. The number of ether oxygens (including phenoxy) is 1. The molecular formula is C18H14Cl2N2O5. The van der Waals surface area contributed by atoms with Gasteiger partial charge in [0.05, 0.1) is 15.6 Å². The lowest BCUT2D eigenvalue weighted by atomic mass is 10.2. The van der Waals surface area contributed by atoms with Crippen molar-refractivity contribution < 1.29 is 19.2 Å². The van der Waals surface area contributed by atoms with Crippen LogP contribution in [0.3, 0.4) is 0 Å². The molecule has 0 radical (unpaired) electrons. The molecule has 2 rings (SSSR count). The summed E-state index contributed by atoms with van der Waals surface area (Å²) in [5, 5.41) is 13.7. The minimum Gasteiger partial charge on any atom is -0.449 e. The van der Waals surface area contributed by atoms with Gasteiger partial charge in [0.15, 0.2) is 6.10 Å². The maximum absolute atomic E-state index is 12.1. The third kappa shape index (κ3) is 6.09. The lowest BCUT2D eigenvalue weighted by molar-refractivity contribution is -0.384. The van der Waals surface area contributed by atoms with Crippen LogP contribution in [0.15, 0.2) is 48.5 Å². The SMILES string of the molecule is CC(OC(=O)/C=C/c1cccc(Cl)c1)C(=O)Nc1ccc([N+](=O)[O-])cc1Cl. The summed E-state index contributed by atoms with van der Waals surface area (Å²) in [6.07, 6.45) is 1.58. The van der Waals surface area contributed by atoms with E-state index in [9.17, 15) is 19.7 Å². The number of anilines is 1. The number of amides is 1. The highest BCUT2D eigenvalue weighted by Crippen LogP contribution is 2.26. The molecule has 0 spiro atoms. The Bertz CT molecular complexity index is 914. The highest BCUT2D eigenvalue weighted by molar-refractivity contribution is 6.34. The number of nitrogens with zero attached hydrogens (tertiary/aromatic N) is 1. The number of nitrogens with one attached hydrogen (secondary N) is 1. The van der Waals surface area contributed by atoms with Gasteiger partial charge < -0.3 is 10.1 Å². The van der Waals surface area contributed by atoms with Crippen molar-refractivity contribution >= 4 is 52.5 Å². The minimum atomic E-state index is -1.10. The molecule has 0 saturated heterocycles. The van der Waals surface area contributed by atoms with Gasteiger partial charge in [-0.25, -0.2) is 4.79 Å². The summed E-state index contributed by atoms with van der Waals surface area (Å²) in [5.74, 6) is -1.34. The first kappa shape index (κ1) is 20.4. The first-order valence-corrected chi connectivity index (χ1v) is 8.41. The van der Waals surface area contributed by atoms with Gasteiger partial charge in [-0.05, 0) is 36.8 Å². The van der Waals surface area contributed by atoms with Gasteiger partial charge in [-0.3, -0.25) is 14.9 Å². The van der Waals surface area contributed by atoms with Crippen LogP contribution in [0.5, 0.6) is 0 Å². The second-order valence-electron chi connectivity index (χ2n) is 5.38. The molecule has 0 saturated carbocycles. The molecule has 2 aromatic carbocycles. The summed E-state index contributed by atoms with van der Waals surface area (Å²) < 4.78 is 5.02. The molecule has 0 aliphatic rings. The second kappa shape index (κ2) is 9.16. The normalized spacial score (nSPS) is 11.8. The third-order valence-electron chi connectivity index (χ3n) is 3.34. The van der Waals surface area contributed by atoms with Crippen molar-refractivity contribution in [1.29, 1.82) is 0 Å². The van der Waals surface area contributed by atoms with E-state index in [0.29, 0.717) is 10.6 Å². The third-order valence-corrected chi connectivity index (χ3v) is 3.89. The first-order chi connectivity index (χ1) is 12.8. The van der Waals surface area contributed by atoms with Crippen LogP contribution in [0.2, 0.25) is 10.0 Å². The predicted octanol–water partition coefficient (Wildman–Crippen LogP) is 4.49. The number of rotatable bonds is 6. The molecule has 1 unspecified atom stereocenters. The quantitative estimate of drug-likeness (QED) is 0.328. The van der Waals surface area contributed by atoms with Gasteiger partial charge in [0.2, 0.25) is 0 Å². The zero-order valence-corrected chi connectivity index (χ0v) is 15.5. The monoisotopic (exact) mass is 408 g/mol. The summed E-state index contributed by atoms with van der Waals surface area (Å²) >= 11 is 11.8. The number of esters is 1. The van der Waals surface area contributed by atoms with Crippen LogP contribution >= 0.6 is 23.2 Å². The van der Waals surface area contributed by atoms with E-state index in [-0.39, 0.29) is 16.4 Å². The molecule has 0 aliphatic carbocycles. The number of carbonyl (C=O) groups is 2. The van der Waals surface area contributed by atoms with E-state index in [1.165, 1.54) is 31.2 Å². The zero-order chi connectivity index (χ0) is 20.0. The molecule has 0 bridgehead atoms. The van der Waals surface area contributed by atoms with Crippen molar-refractivity contribution in [2.75, 3.05) is 5.32 Å². The predicted molar refractivity (Wildman–Crippen MR) is 103 cm³/mol. The Morgan fingerprint density at radius 3 is 2.59 bits per heavy atom. The van der Waals surface area contributed by atoms with Crippen molar-refractivity contribution in [3.63, 3.8) is 0 Å². The standard InChI is InChI=1S/C18H14Cl2N2O5/c1-11(27-17(23)8-5-12-3-2-4-13(19)9-12)18(24)21-16-7-6-14(22(25)26)10-15(16)20/h2-11H,1H3,(H,21,24)/b8-5+. The van der Waals surface area contributed by atoms with E-state index in [0.717, 1.165) is 6.07 Å². The summed E-state index contributed by atoms with van der Waals surface area (Å²) in [4.78, 5) is 34.0. The number of halogens is 2. The molecule has 0 aromatic heterocycles. The zero-order valence-electron chi connectivity index (χ0n) is 14.0. The Morgan fingerprint density at radius 2 is 1.96 bits per heavy atom. The van der Waals surface area contributed by atoms with Gasteiger partial charge in [-0.1, -0.05) is 35.3 Å². The van der Waals surface area contributed by atoms with E-state index in [4.69, 9.17) is 27.9 Å². The number of non-ortho nitro benzene ring substituents is 1. The molecule has 9 heteroatoms. The van der Waals surface area contributed by atoms with E-state index in [2.05, 4.69) is 5.32 Å². The molecule has 1 N–H and O–H groups in total. The summed E-state index contributed by atoms with van der Waals surface area (Å²) in [6, 6.07) is 10.5. The lowest BCUT2D eigenvalue weighted by Gasteiger charge is -2.13. The number of nitro groups is 1. The minimum absolute atomic E-state index is 0.00284. The largest absolute Gasteiger partial charge is 0.449 e. The second-order valence-corrected chi connectivity index (χ2v) is 6.22. The molecular weight excluding hydrogens is 395 g/mol. The first-order valence-electron chi connectivity index (χ1n) is 7.65. The Balaban J connectivity index is 1.95. The highest BCUT2D eigenvalue weighted by atomic mass is 35.5. The van der Waals surface area contributed by atoms with Crippen LogP contribution in [0, 0.1) is 10.1 Å². The fourth-order valence-corrected chi connectivity index (χ4v) is 2.42. The van der Waals surface area contributed by atoms with Gasteiger partial charge in [-0.15, -0.1) is 0 Å². The average molecular weight is 409 g/mol. The van der Waals surface area contributed by atoms with Crippen molar-refractivity contribution in [3.8, 4) is 0 Å². The van der Waals surface area contributed by atoms with E-state index in [1.807, 2.05) is 0 Å². The smallest absolute Gasteiger partial charge is 0.331 e. The Hall–Kier alpha value is -2.90. The van der Waals surface area contributed by atoms with Gasteiger partial charge in [0.1, 0.15) is 0 Å². The fourth-order valence-electron chi connectivity index (χ4n) is 1.99. The topological polar surface area (TPSA) is 98.5 Å². The van der Waals surface area contributed by atoms with Gasteiger partial charge >= 0.3 is 5.97 Å². The number of hydrogen-bond donors (Lipinski definition) is 1. The van der Waals surface area contributed by atoms with Gasteiger partial charge in [0, 0.05) is 23.2 Å². The van der Waals surface area contributed by atoms with Crippen molar-refractivity contribution in [2.45, 2.75) is 13.0 Å². The summed E-state index contributed by atoms with van der Waals surface area (Å²) in [6.45, 7) is 1.39. The Morgan fingerprint density at radius 1 is 1.22 bits per heavy atom. The lowest BCUT2D eigenvalue weighted by Crippen LogP contribution is -2.29. The Kier molecular flexibility index (Phi) is 6.92. The number of benzene rings is 2. The van der Waals surface area contributed by atoms with Crippen LogP contribution in [0.1, 0.15) is 12.5 Å². The van der Waals surface area contributed by atoms with Crippen LogP contribution in [0.25, 0.3) is 6.08 Å². The molecule has 1 amide bonds. The highest BCUT2D eigenvalue weighted by Gasteiger charge is 2.18. The van der Waals surface area contributed by atoms with Crippen molar-refractivity contribution in [1.82, 2.24) is 0 Å². The molecule has 7 nitrogen and oxygen atoms in total. The average Bonchev–Trinajstić information content (AvgIpc) is 2.61. The summed E-state index contributed by atoms with van der Waals surface area (Å²) in [5.41, 5.74) is 0.669. The number of carbonyl (C=O) groups excluding carboxylic acids is 2. The molecule has 27 heavy (non-hydrogen) atoms. The molecule has 2 aromatic rings. The molecule has 0 heterocycles. The molecule has 1 atom stereocenters. The van der Waals surface area contributed by atoms with Gasteiger partial charge in [0.25, 0.3) is 11.6 Å². The summed E-state index contributed by atoms with van der Waals surface area (Å²) in [7, 11) is 0. The van der Waals surface area contributed by atoms with E-state index >= 15 is 0 Å². The molecule has 0 aliphatic heterocycles. The maximum Gasteiger partial charge on any atom is 0.331 e. The van der Waals surface area contributed by atoms with Crippen LogP contribution < -0.4 is 5.32 Å². The number of nitro benzene ring substituents is 1. The van der Waals surface area contributed by atoms with Crippen LogP contribution in [-0.4, -0.2) is 22.9 Å².